The first-order valence-corrected chi connectivity index (χ1v) is 3.76. The summed E-state index contributed by atoms with van der Waals surface area (Å²) in [6, 6.07) is 0.0333. The van der Waals surface area contributed by atoms with Crippen LogP contribution in [0.15, 0.2) is 0 Å². The van der Waals surface area contributed by atoms with E-state index in [1.165, 1.54) is 0 Å². The summed E-state index contributed by atoms with van der Waals surface area (Å²) in [7, 11) is 0. The lowest BCUT2D eigenvalue weighted by atomic mass is 10.1. The van der Waals surface area contributed by atoms with E-state index in [0.717, 1.165) is 19.3 Å². The minimum atomic E-state index is -0.273. The molecule has 1 aliphatic rings. The summed E-state index contributed by atoms with van der Waals surface area (Å²) in [5.74, 6) is 0.00463. The van der Waals surface area contributed by atoms with Crippen molar-refractivity contribution in [1.29, 1.82) is 0 Å². The Balaban J connectivity index is 2.49. The summed E-state index contributed by atoms with van der Waals surface area (Å²) < 4.78 is 0. The van der Waals surface area contributed by atoms with Crippen LogP contribution in [0.2, 0.25) is 0 Å². The highest BCUT2D eigenvalue weighted by Crippen LogP contribution is 2.07. The molecular weight excluding hydrogens is 128 g/mol. The maximum Gasteiger partial charge on any atom is 0.237 e. The molecule has 58 valence electrons. The minimum Gasteiger partial charge on any atom is -0.352 e. The molecule has 0 bridgehead atoms. The van der Waals surface area contributed by atoms with Gasteiger partial charge < -0.3 is 11.1 Å². The summed E-state index contributed by atoms with van der Waals surface area (Å²) in [6.07, 6.45) is 2.94. The van der Waals surface area contributed by atoms with Crippen LogP contribution in [0.25, 0.3) is 0 Å². The van der Waals surface area contributed by atoms with E-state index in [4.69, 9.17) is 5.73 Å². The van der Waals surface area contributed by atoms with Gasteiger partial charge in [0.1, 0.15) is 0 Å². The first-order valence-electron chi connectivity index (χ1n) is 3.76. The zero-order valence-electron chi connectivity index (χ0n) is 6.26. The van der Waals surface area contributed by atoms with Crippen molar-refractivity contribution < 1.29 is 4.79 Å². The molecule has 1 aliphatic heterocycles. The van der Waals surface area contributed by atoms with Gasteiger partial charge in [0.25, 0.3) is 0 Å². The van der Waals surface area contributed by atoms with Gasteiger partial charge in [-0.2, -0.15) is 0 Å². The fraction of sp³-hybridized carbons (Fsp3) is 0.857. The Labute approximate surface area is 61.0 Å². The average molecular weight is 142 g/mol. The van der Waals surface area contributed by atoms with Crippen molar-refractivity contribution in [1.82, 2.24) is 5.32 Å². The van der Waals surface area contributed by atoms with E-state index in [-0.39, 0.29) is 11.9 Å². The molecule has 1 rings (SSSR count). The molecule has 2 unspecified atom stereocenters. The highest BCUT2D eigenvalue weighted by Gasteiger charge is 2.18. The van der Waals surface area contributed by atoms with E-state index in [1.54, 1.807) is 0 Å². The number of hydrogen-bond donors (Lipinski definition) is 2. The summed E-state index contributed by atoms with van der Waals surface area (Å²) in [4.78, 5) is 11.0. The Morgan fingerprint density at radius 3 is 3.00 bits per heavy atom. The van der Waals surface area contributed by atoms with Crippen molar-refractivity contribution in [2.45, 2.75) is 38.3 Å². The van der Waals surface area contributed by atoms with Crippen LogP contribution in [0.3, 0.4) is 0 Å². The number of carbonyl (C=O) groups is 1. The van der Waals surface area contributed by atoms with Crippen molar-refractivity contribution in [3.63, 3.8) is 0 Å². The number of nitrogens with two attached hydrogens (primary N) is 1. The topological polar surface area (TPSA) is 55.1 Å². The quantitative estimate of drug-likeness (QED) is 0.500. The molecule has 0 aromatic rings. The van der Waals surface area contributed by atoms with Crippen molar-refractivity contribution >= 4 is 5.91 Å². The van der Waals surface area contributed by atoms with E-state index < -0.39 is 0 Å². The second-order valence-electron chi connectivity index (χ2n) is 2.95. The predicted octanol–water partition coefficient (Wildman–Crippen LogP) is 0.00230. The number of carbonyl (C=O) groups excluding carboxylic acids is 1. The molecule has 1 fully saturated rings. The van der Waals surface area contributed by atoms with Crippen LogP contribution in [0, 0.1) is 0 Å². The Kier molecular flexibility index (Phi) is 2.27. The highest BCUT2D eigenvalue weighted by molar-refractivity contribution is 5.81. The number of nitrogens with one attached hydrogen (secondary N) is 1. The Morgan fingerprint density at radius 2 is 2.30 bits per heavy atom. The van der Waals surface area contributed by atoms with Crippen LogP contribution in [0.5, 0.6) is 0 Å². The van der Waals surface area contributed by atoms with Gasteiger partial charge in [0.2, 0.25) is 5.91 Å². The van der Waals surface area contributed by atoms with E-state index in [0.29, 0.717) is 6.04 Å². The van der Waals surface area contributed by atoms with Gasteiger partial charge in [0.15, 0.2) is 0 Å². The van der Waals surface area contributed by atoms with E-state index >= 15 is 0 Å². The second-order valence-corrected chi connectivity index (χ2v) is 2.95. The van der Waals surface area contributed by atoms with Crippen LogP contribution in [0.1, 0.15) is 26.2 Å². The summed E-state index contributed by atoms with van der Waals surface area (Å²) in [5, 5.41) is 2.83. The van der Waals surface area contributed by atoms with Crippen LogP contribution >= 0.6 is 0 Å². The molecule has 1 saturated heterocycles. The monoisotopic (exact) mass is 142 g/mol. The molecule has 0 spiro atoms. The fourth-order valence-electron chi connectivity index (χ4n) is 1.20. The zero-order valence-corrected chi connectivity index (χ0v) is 6.26. The number of rotatable bonds is 0. The van der Waals surface area contributed by atoms with Gasteiger partial charge >= 0.3 is 0 Å². The third kappa shape index (κ3) is 1.70. The molecule has 3 nitrogen and oxygen atoms in total. The first kappa shape index (κ1) is 7.54. The third-order valence-corrected chi connectivity index (χ3v) is 1.88. The maximum absolute atomic E-state index is 11.0. The molecule has 3 heteroatoms. The summed E-state index contributed by atoms with van der Waals surface area (Å²) in [6.45, 7) is 2.01. The van der Waals surface area contributed by atoms with Gasteiger partial charge in [0, 0.05) is 6.04 Å². The van der Waals surface area contributed by atoms with Crippen molar-refractivity contribution in [3.8, 4) is 0 Å². The van der Waals surface area contributed by atoms with Crippen molar-refractivity contribution in [2.75, 3.05) is 0 Å². The molecule has 0 aromatic carbocycles. The molecule has 2 atom stereocenters. The smallest absolute Gasteiger partial charge is 0.237 e. The number of hydrogen-bond acceptors (Lipinski definition) is 2. The fourth-order valence-corrected chi connectivity index (χ4v) is 1.20. The van der Waals surface area contributed by atoms with Crippen molar-refractivity contribution in [2.24, 2.45) is 5.73 Å². The molecule has 1 heterocycles. The number of amides is 1. The lowest BCUT2D eigenvalue weighted by Crippen LogP contribution is -2.41. The average Bonchev–Trinajstić information content (AvgIpc) is 1.96. The molecule has 0 aliphatic carbocycles. The van der Waals surface area contributed by atoms with Gasteiger partial charge in [-0.3, -0.25) is 4.79 Å². The normalized spacial score (nSPS) is 34.8. The molecule has 0 radical (unpaired) electrons. The van der Waals surface area contributed by atoms with Crippen LogP contribution in [-0.2, 0) is 4.79 Å². The maximum atomic E-state index is 11.0. The molecule has 0 aromatic heterocycles. The SMILES string of the molecule is CC1CCCC(N)C(=O)N1. The zero-order chi connectivity index (χ0) is 7.56. The van der Waals surface area contributed by atoms with E-state index in [9.17, 15) is 4.79 Å². The van der Waals surface area contributed by atoms with Gasteiger partial charge in [-0.05, 0) is 26.2 Å². The molecule has 3 N–H and O–H groups in total. The predicted molar refractivity (Wildman–Crippen MR) is 39.4 cm³/mol. The Bertz CT molecular complexity index is 136. The highest BCUT2D eigenvalue weighted by atomic mass is 16.2. The molecule has 10 heavy (non-hydrogen) atoms. The lowest BCUT2D eigenvalue weighted by molar-refractivity contribution is -0.122. The van der Waals surface area contributed by atoms with Gasteiger partial charge in [-0.25, -0.2) is 0 Å². The summed E-state index contributed by atoms with van der Waals surface area (Å²) >= 11 is 0. The Morgan fingerprint density at radius 1 is 1.60 bits per heavy atom. The van der Waals surface area contributed by atoms with Gasteiger partial charge in [-0.15, -0.1) is 0 Å². The Hall–Kier alpha value is -0.570. The van der Waals surface area contributed by atoms with Gasteiger partial charge in [-0.1, -0.05) is 0 Å². The largest absolute Gasteiger partial charge is 0.352 e. The molecule has 0 saturated carbocycles. The molecule has 1 amide bonds. The van der Waals surface area contributed by atoms with Crippen molar-refractivity contribution in [3.05, 3.63) is 0 Å². The lowest BCUT2D eigenvalue weighted by Gasteiger charge is -2.09. The van der Waals surface area contributed by atoms with Crippen LogP contribution < -0.4 is 11.1 Å². The third-order valence-electron chi connectivity index (χ3n) is 1.88. The molecular formula is C7H14N2O. The first-order chi connectivity index (χ1) is 4.70. The van der Waals surface area contributed by atoms with Crippen LogP contribution in [0.4, 0.5) is 0 Å². The standard InChI is InChI=1S/C7H14N2O/c1-5-3-2-4-6(8)7(10)9-5/h5-6H,2-4,8H2,1H3,(H,9,10). The van der Waals surface area contributed by atoms with Crippen LogP contribution in [-0.4, -0.2) is 18.0 Å². The summed E-state index contributed by atoms with van der Waals surface area (Å²) in [5.41, 5.74) is 5.53. The van der Waals surface area contributed by atoms with Gasteiger partial charge in [0.05, 0.1) is 6.04 Å². The van der Waals surface area contributed by atoms with E-state index in [2.05, 4.69) is 5.32 Å². The second kappa shape index (κ2) is 3.01. The van der Waals surface area contributed by atoms with E-state index in [1.807, 2.05) is 6.92 Å². The minimum absolute atomic E-state index is 0.00463.